The lowest BCUT2D eigenvalue weighted by Crippen LogP contribution is -2.27. The maximum atomic E-state index is 9.56. The van der Waals surface area contributed by atoms with Crippen molar-refractivity contribution in [1.29, 1.82) is 10.5 Å². The first-order valence-electron chi connectivity index (χ1n) is 14.5. The number of ether oxygens (including phenoxy) is 4. The number of benzene rings is 4. The smallest absolute Gasteiger partial charge is 0.198 e. The van der Waals surface area contributed by atoms with Gasteiger partial charge in [0.2, 0.25) is 0 Å². The van der Waals surface area contributed by atoms with Crippen molar-refractivity contribution in [2.45, 2.75) is 56.8 Å². The van der Waals surface area contributed by atoms with Gasteiger partial charge in [0.05, 0.1) is 24.3 Å². The summed E-state index contributed by atoms with van der Waals surface area (Å²) in [5.74, 6) is 3.93. The normalized spacial score (nSPS) is 19.6. The van der Waals surface area contributed by atoms with E-state index in [0.29, 0.717) is 46.0 Å². The molecule has 0 saturated carbocycles. The molecule has 4 aromatic carbocycles. The summed E-state index contributed by atoms with van der Waals surface area (Å²) in [6.07, 6.45) is 1.71. The molecule has 216 valence electrons. The molecule has 8 rings (SSSR count). The van der Waals surface area contributed by atoms with Crippen molar-refractivity contribution in [2.24, 2.45) is 0 Å². The standard InChI is InChI=1S/C37H24N4O4/c1-35(2)17-37(23-11-31-29(9-21(23)35)42-27-7-19(15-38)20(16-39)8-28(27)43-31)18-36(3,4)22-10-30-32(12-24(22)37)45-34-14-26(41-6)25(40-5)13-33(34)44-30/h7-14H,17-18H2,1-4H3/t37-/m0/s1. The lowest BCUT2D eigenvalue weighted by molar-refractivity contribution is 0.348. The molecule has 2 aliphatic carbocycles. The third-order valence-corrected chi connectivity index (χ3v) is 9.63. The van der Waals surface area contributed by atoms with Gasteiger partial charge in [0.25, 0.3) is 0 Å². The summed E-state index contributed by atoms with van der Waals surface area (Å²) in [4.78, 5) is 6.98. The average molecular weight is 589 g/mol. The van der Waals surface area contributed by atoms with Crippen molar-refractivity contribution in [3.63, 3.8) is 0 Å². The topological polar surface area (TPSA) is 93.2 Å². The molecule has 0 amide bonds. The van der Waals surface area contributed by atoms with Gasteiger partial charge in [-0.25, -0.2) is 9.69 Å². The second-order valence-corrected chi connectivity index (χ2v) is 13.4. The zero-order valence-electron chi connectivity index (χ0n) is 25.0. The highest BCUT2D eigenvalue weighted by Gasteiger charge is 2.57. The van der Waals surface area contributed by atoms with Crippen LogP contribution >= 0.6 is 0 Å². The van der Waals surface area contributed by atoms with Gasteiger partial charge in [0.15, 0.2) is 57.4 Å². The summed E-state index contributed by atoms with van der Waals surface area (Å²) >= 11 is 0. The van der Waals surface area contributed by atoms with Crippen molar-refractivity contribution < 1.29 is 18.9 Å². The molecule has 2 aliphatic heterocycles. The number of fused-ring (bicyclic) bond motifs is 8. The van der Waals surface area contributed by atoms with E-state index in [2.05, 4.69) is 73.8 Å². The van der Waals surface area contributed by atoms with Gasteiger partial charge in [-0.3, -0.25) is 0 Å². The van der Waals surface area contributed by atoms with Crippen LogP contribution in [0.3, 0.4) is 0 Å². The molecule has 4 aromatic rings. The first-order chi connectivity index (χ1) is 21.5. The van der Waals surface area contributed by atoms with Crippen LogP contribution in [0.2, 0.25) is 0 Å². The molecule has 2 heterocycles. The number of nitriles is 2. The van der Waals surface area contributed by atoms with Crippen LogP contribution in [0.25, 0.3) is 9.69 Å². The number of rotatable bonds is 0. The fraction of sp³-hybridized carbons (Fsp3) is 0.243. The highest BCUT2D eigenvalue weighted by Crippen LogP contribution is 2.66. The molecule has 1 spiro atoms. The second-order valence-electron chi connectivity index (χ2n) is 13.4. The SMILES string of the molecule is [C-]#[N+]c1cc2c(cc1[N+]#[C-])Oc1cc3c(cc1O2)C(C)(C)C[C@]31CC(C)(C)c2cc3c(cc21)Oc1cc(C#N)c(C#N)cc1O3. The van der Waals surface area contributed by atoms with E-state index in [0.717, 1.165) is 24.0 Å². The maximum absolute atomic E-state index is 9.56. The van der Waals surface area contributed by atoms with Gasteiger partial charge in [-0.1, -0.05) is 27.7 Å². The third kappa shape index (κ3) is 3.55. The fourth-order valence-electron chi connectivity index (χ4n) is 7.89. The minimum absolute atomic E-state index is 0.198. The Hall–Kier alpha value is -5.96. The molecule has 0 unspecified atom stereocenters. The zero-order chi connectivity index (χ0) is 31.5. The lowest BCUT2D eigenvalue weighted by Gasteiger charge is -2.31. The van der Waals surface area contributed by atoms with E-state index >= 15 is 0 Å². The predicted octanol–water partition coefficient (Wildman–Crippen LogP) is 9.98. The van der Waals surface area contributed by atoms with E-state index in [1.54, 1.807) is 24.3 Å². The average Bonchev–Trinajstić information content (AvgIpc) is 3.37. The van der Waals surface area contributed by atoms with Gasteiger partial charge in [-0.15, -0.1) is 0 Å². The van der Waals surface area contributed by atoms with Crippen LogP contribution in [0.5, 0.6) is 46.0 Å². The first-order valence-corrected chi connectivity index (χ1v) is 14.5. The minimum Gasteiger partial charge on any atom is -0.451 e. The van der Waals surface area contributed by atoms with Crippen molar-refractivity contribution in [3.8, 4) is 58.1 Å². The second kappa shape index (κ2) is 8.57. The molecule has 0 bridgehead atoms. The maximum Gasteiger partial charge on any atom is 0.198 e. The van der Waals surface area contributed by atoms with Gasteiger partial charge in [-0.2, -0.15) is 10.5 Å². The Morgan fingerprint density at radius 1 is 0.533 bits per heavy atom. The summed E-state index contributed by atoms with van der Waals surface area (Å²) in [5, 5.41) is 19.1. The monoisotopic (exact) mass is 588 g/mol. The van der Waals surface area contributed by atoms with Crippen molar-refractivity contribution in [2.75, 3.05) is 0 Å². The molecule has 0 aromatic heterocycles. The fourth-order valence-corrected chi connectivity index (χ4v) is 7.89. The Labute approximate surface area is 260 Å². The predicted molar refractivity (Wildman–Crippen MR) is 164 cm³/mol. The highest BCUT2D eigenvalue weighted by atomic mass is 16.6. The van der Waals surface area contributed by atoms with Crippen LogP contribution in [0.4, 0.5) is 11.4 Å². The van der Waals surface area contributed by atoms with Gasteiger partial charge < -0.3 is 18.9 Å². The molecule has 8 nitrogen and oxygen atoms in total. The van der Waals surface area contributed by atoms with Crippen LogP contribution in [0.1, 0.15) is 73.9 Å². The Bertz CT molecular complexity index is 2080. The minimum atomic E-state index is -0.354. The molecule has 8 heteroatoms. The lowest BCUT2D eigenvalue weighted by atomic mass is 9.72. The summed E-state index contributed by atoms with van der Waals surface area (Å²) in [7, 11) is 0. The van der Waals surface area contributed by atoms with Gasteiger partial charge in [0.1, 0.15) is 12.1 Å². The Balaban J connectivity index is 1.27. The van der Waals surface area contributed by atoms with Gasteiger partial charge in [0, 0.05) is 17.5 Å². The molecule has 4 aliphatic rings. The van der Waals surface area contributed by atoms with E-state index in [1.807, 2.05) is 0 Å². The van der Waals surface area contributed by atoms with Crippen LogP contribution in [0, 0.1) is 35.8 Å². The third-order valence-electron chi connectivity index (χ3n) is 9.63. The van der Waals surface area contributed by atoms with E-state index in [1.165, 1.54) is 11.1 Å². The van der Waals surface area contributed by atoms with Gasteiger partial charge in [-0.05, 0) is 82.3 Å². The van der Waals surface area contributed by atoms with Crippen LogP contribution in [-0.4, -0.2) is 0 Å². The molecule has 0 fully saturated rings. The van der Waals surface area contributed by atoms with Crippen molar-refractivity contribution in [1.82, 2.24) is 0 Å². The van der Waals surface area contributed by atoms with Crippen LogP contribution < -0.4 is 18.9 Å². The van der Waals surface area contributed by atoms with E-state index in [-0.39, 0.29) is 38.7 Å². The zero-order valence-corrected chi connectivity index (χ0v) is 25.0. The Kier molecular flexibility index (Phi) is 5.08. The molecule has 0 saturated heterocycles. The number of hydrogen-bond donors (Lipinski definition) is 0. The molecule has 0 radical (unpaired) electrons. The number of hydrogen-bond acceptors (Lipinski definition) is 6. The van der Waals surface area contributed by atoms with E-state index in [4.69, 9.17) is 32.1 Å². The molecular formula is C37H24N4O4. The van der Waals surface area contributed by atoms with Gasteiger partial charge >= 0.3 is 0 Å². The molecule has 1 atom stereocenters. The Morgan fingerprint density at radius 3 is 1.18 bits per heavy atom. The summed E-state index contributed by atoms with van der Waals surface area (Å²) in [6.45, 7) is 23.9. The summed E-state index contributed by atoms with van der Waals surface area (Å²) < 4.78 is 25.3. The van der Waals surface area contributed by atoms with Crippen molar-refractivity contribution in [3.05, 3.63) is 105 Å². The first kappa shape index (κ1) is 26.7. The summed E-state index contributed by atoms with van der Waals surface area (Å²) in [6, 6.07) is 18.7. The van der Waals surface area contributed by atoms with E-state index in [9.17, 15) is 10.5 Å². The quantitative estimate of drug-likeness (QED) is 0.164. The highest BCUT2D eigenvalue weighted by molar-refractivity contribution is 5.77. The van der Waals surface area contributed by atoms with Crippen LogP contribution in [-0.2, 0) is 16.2 Å². The largest absolute Gasteiger partial charge is 0.451 e. The number of nitrogens with zero attached hydrogens (tertiary/aromatic N) is 4. The van der Waals surface area contributed by atoms with E-state index < -0.39 is 0 Å². The van der Waals surface area contributed by atoms with Crippen molar-refractivity contribution >= 4 is 11.4 Å². The molecule has 0 N–H and O–H groups in total. The molecular weight excluding hydrogens is 564 g/mol. The summed E-state index contributed by atoms with van der Waals surface area (Å²) in [5.41, 5.74) is 4.83. The Morgan fingerprint density at radius 2 is 0.844 bits per heavy atom. The molecule has 45 heavy (non-hydrogen) atoms. The van der Waals surface area contributed by atoms with Crippen LogP contribution in [0.15, 0.2) is 48.5 Å².